The molecule has 0 spiro atoms. The summed E-state index contributed by atoms with van der Waals surface area (Å²) in [7, 11) is 0. The minimum atomic E-state index is -0.969. The van der Waals surface area contributed by atoms with Crippen molar-refractivity contribution >= 4 is 0 Å². The molecular weight excluding hydrogens is 324 g/mol. The van der Waals surface area contributed by atoms with E-state index in [0.717, 1.165) is 18.5 Å². The smallest absolute Gasteiger partial charge is 0.123 e. The Morgan fingerprint density at radius 3 is 2.16 bits per heavy atom. The monoisotopic (exact) mass is 347 g/mol. The van der Waals surface area contributed by atoms with Gasteiger partial charge in [0, 0.05) is 13.1 Å². The minimum absolute atomic E-state index is 0.315. The summed E-state index contributed by atoms with van der Waals surface area (Å²) in [6.07, 6.45) is 1.21. The summed E-state index contributed by atoms with van der Waals surface area (Å²) in [5.74, 6) is -0.639. The van der Waals surface area contributed by atoms with E-state index in [2.05, 4.69) is 4.90 Å². The van der Waals surface area contributed by atoms with Crippen LogP contribution in [0.15, 0.2) is 48.5 Å². The van der Waals surface area contributed by atoms with E-state index in [-0.39, 0.29) is 11.6 Å². The van der Waals surface area contributed by atoms with Gasteiger partial charge in [0.1, 0.15) is 11.6 Å². The van der Waals surface area contributed by atoms with Gasteiger partial charge in [-0.25, -0.2) is 8.78 Å². The van der Waals surface area contributed by atoms with E-state index >= 15 is 0 Å². The molecule has 0 unspecified atom stereocenters. The Bertz CT molecular complexity index is 690. The molecular formula is C20H23F2NO2. The second kappa shape index (κ2) is 7.60. The van der Waals surface area contributed by atoms with Crippen LogP contribution in [0.1, 0.15) is 36.5 Å². The summed E-state index contributed by atoms with van der Waals surface area (Å²) >= 11 is 0. The lowest BCUT2D eigenvalue weighted by Crippen LogP contribution is -2.32. The van der Waals surface area contributed by atoms with Crippen LogP contribution in [0.5, 0.6) is 0 Å². The lowest BCUT2D eigenvalue weighted by atomic mass is 9.87. The topological polar surface area (TPSA) is 43.7 Å². The summed E-state index contributed by atoms with van der Waals surface area (Å²) in [5, 5.41) is 21.3. The van der Waals surface area contributed by atoms with E-state index < -0.39 is 11.7 Å². The maximum absolute atomic E-state index is 13.1. The van der Waals surface area contributed by atoms with Gasteiger partial charge in [0.25, 0.3) is 0 Å². The number of benzene rings is 2. The summed E-state index contributed by atoms with van der Waals surface area (Å²) in [5.41, 5.74) is 0.442. The van der Waals surface area contributed by atoms with Crippen LogP contribution in [0.2, 0.25) is 0 Å². The SMILES string of the molecule is O[C@H](CN1CCC[C@@](O)(c2ccc(F)cc2)CC1)c1ccc(F)cc1. The largest absolute Gasteiger partial charge is 0.387 e. The Hall–Kier alpha value is -1.82. The Labute approximate surface area is 146 Å². The lowest BCUT2D eigenvalue weighted by molar-refractivity contribution is 0.0194. The Morgan fingerprint density at radius 2 is 1.52 bits per heavy atom. The number of hydrogen-bond donors (Lipinski definition) is 2. The molecule has 2 atom stereocenters. The summed E-state index contributed by atoms with van der Waals surface area (Å²) in [6.45, 7) is 1.83. The van der Waals surface area contributed by atoms with Crippen LogP contribution in [-0.4, -0.2) is 34.7 Å². The highest BCUT2D eigenvalue weighted by molar-refractivity contribution is 5.23. The van der Waals surface area contributed by atoms with E-state index in [1.165, 1.54) is 24.3 Å². The van der Waals surface area contributed by atoms with Gasteiger partial charge < -0.3 is 15.1 Å². The second-order valence-corrected chi connectivity index (χ2v) is 6.76. The van der Waals surface area contributed by atoms with Crippen molar-refractivity contribution in [3.8, 4) is 0 Å². The summed E-state index contributed by atoms with van der Waals surface area (Å²) in [4.78, 5) is 2.11. The molecule has 0 aromatic heterocycles. The van der Waals surface area contributed by atoms with Crippen molar-refractivity contribution in [2.75, 3.05) is 19.6 Å². The van der Waals surface area contributed by atoms with Crippen molar-refractivity contribution in [2.24, 2.45) is 0 Å². The number of halogens is 2. The predicted octanol–water partition coefficient (Wildman–Crippen LogP) is 3.37. The third kappa shape index (κ3) is 4.42. The van der Waals surface area contributed by atoms with Crippen molar-refractivity contribution in [3.05, 3.63) is 71.3 Å². The number of likely N-dealkylation sites (tertiary alicyclic amines) is 1. The molecule has 0 aliphatic carbocycles. The lowest BCUT2D eigenvalue weighted by Gasteiger charge is -2.28. The number of aliphatic hydroxyl groups is 2. The molecule has 2 N–H and O–H groups in total. The third-order valence-corrected chi connectivity index (χ3v) is 4.97. The Kier molecular flexibility index (Phi) is 5.47. The van der Waals surface area contributed by atoms with Gasteiger partial charge in [-0.1, -0.05) is 24.3 Å². The first-order valence-electron chi connectivity index (χ1n) is 8.61. The first kappa shape index (κ1) is 18.0. The van der Waals surface area contributed by atoms with E-state index in [0.29, 0.717) is 31.5 Å². The molecule has 1 fully saturated rings. The van der Waals surface area contributed by atoms with Gasteiger partial charge in [0.05, 0.1) is 11.7 Å². The molecule has 5 heteroatoms. The van der Waals surface area contributed by atoms with Crippen molar-refractivity contribution in [1.29, 1.82) is 0 Å². The maximum Gasteiger partial charge on any atom is 0.123 e. The van der Waals surface area contributed by atoms with Crippen LogP contribution in [0.3, 0.4) is 0 Å². The van der Waals surface area contributed by atoms with Crippen LogP contribution in [0.25, 0.3) is 0 Å². The first-order chi connectivity index (χ1) is 12.0. The van der Waals surface area contributed by atoms with Gasteiger partial charge in [-0.2, -0.15) is 0 Å². The molecule has 1 aliphatic heterocycles. The number of rotatable bonds is 4. The first-order valence-corrected chi connectivity index (χ1v) is 8.61. The fourth-order valence-electron chi connectivity index (χ4n) is 3.44. The predicted molar refractivity (Wildman–Crippen MR) is 91.9 cm³/mol. The molecule has 3 rings (SSSR count). The highest BCUT2D eigenvalue weighted by Crippen LogP contribution is 2.33. The summed E-state index contributed by atoms with van der Waals surface area (Å²) in [6, 6.07) is 11.9. The fourth-order valence-corrected chi connectivity index (χ4v) is 3.44. The van der Waals surface area contributed by atoms with Gasteiger partial charge >= 0.3 is 0 Å². The van der Waals surface area contributed by atoms with Crippen LogP contribution >= 0.6 is 0 Å². The van der Waals surface area contributed by atoms with Gasteiger partial charge in [-0.05, 0) is 61.2 Å². The molecule has 3 nitrogen and oxygen atoms in total. The van der Waals surface area contributed by atoms with Crippen LogP contribution in [-0.2, 0) is 5.60 Å². The normalized spacial score (nSPS) is 23.2. The fraction of sp³-hybridized carbons (Fsp3) is 0.400. The van der Waals surface area contributed by atoms with Gasteiger partial charge in [0.15, 0.2) is 0 Å². The van der Waals surface area contributed by atoms with E-state index in [9.17, 15) is 19.0 Å². The highest BCUT2D eigenvalue weighted by atomic mass is 19.1. The minimum Gasteiger partial charge on any atom is -0.387 e. The molecule has 0 radical (unpaired) electrons. The highest BCUT2D eigenvalue weighted by Gasteiger charge is 2.32. The molecule has 1 saturated heterocycles. The zero-order valence-corrected chi connectivity index (χ0v) is 14.0. The Balaban J connectivity index is 1.63. The van der Waals surface area contributed by atoms with Crippen molar-refractivity contribution < 1.29 is 19.0 Å². The van der Waals surface area contributed by atoms with Crippen molar-refractivity contribution in [3.63, 3.8) is 0 Å². The number of β-amino-alcohol motifs (C(OH)–C–C–N with tert-alkyl or cyclic N) is 1. The molecule has 134 valence electrons. The summed E-state index contributed by atoms with van der Waals surface area (Å²) < 4.78 is 26.1. The average molecular weight is 347 g/mol. The molecule has 1 heterocycles. The van der Waals surface area contributed by atoms with Gasteiger partial charge in [-0.3, -0.25) is 0 Å². The second-order valence-electron chi connectivity index (χ2n) is 6.76. The van der Waals surface area contributed by atoms with Crippen LogP contribution in [0, 0.1) is 11.6 Å². The van der Waals surface area contributed by atoms with Gasteiger partial charge in [0.2, 0.25) is 0 Å². The zero-order valence-electron chi connectivity index (χ0n) is 14.0. The maximum atomic E-state index is 13.1. The molecule has 25 heavy (non-hydrogen) atoms. The third-order valence-electron chi connectivity index (χ3n) is 4.97. The number of nitrogens with zero attached hydrogens (tertiary/aromatic N) is 1. The Morgan fingerprint density at radius 1 is 0.920 bits per heavy atom. The molecule has 0 amide bonds. The average Bonchev–Trinajstić information content (AvgIpc) is 2.79. The number of hydrogen-bond acceptors (Lipinski definition) is 3. The van der Waals surface area contributed by atoms with Crippen molar-refractivity contribution in [2.45, 2.75) is 31.0 Å². The molecule has 0 saturated carbocycles. The molecule has 2 aromatic carbocycles. The molecule has 2 aromatic rings. The molecule has 1 aliphatic rings. The van der Waals surface area contributed by atoms with E-state index in [1.807, 2.05) is 0 Å². The van der Waals surface area contributed by atoms with Crippen LogP contribution < -0.4 is 0 Å². The van der Waals surface area contributed by atoms with Gasteiger partial charge in [-0.15, -0.1) is 0 Å². The van der Waals surface area contributed by atoms with E-state index in [4.69, 9.17) is 0 Å². The van der Waals surface area contributed by atoms with Crippen molar-refractivity contribution in [1.82, 2.24) is 4.90 Å². The standard InChI is InChI=1S/C20H23F2NO2/c21-17-6-2-15(3-7-17)19(24)14-23-12-1-10-20(25,11-13-23)16-4-8-18(22)9-5-16/h2-9,19,24-25H,1,10-14H2/t19-,20+/m1/s1. The van der Waals surface area contributed by atoms with E-state index in [1.54, 1.807) is 24.3 Å². The zero-order chi connectivity index (χ0) is 17.9. The quantitative estimate of drug-likeness (QED) is 0.891. The number of aliphatic hydroxyl groups excluding tert-OH is 1. The molecule has 0 bridgehead atoms. The van der Waals surface area contributed by atoms with Crippen LogP contribution in [0.4, 0.5) is 8.78 Å².